The van der Waals surface area contributed by atoms with Gasteiger partial charge in [-0.15, -0.1) is 0 Å². The molecule has 16 nitrogen and oxygen atoms in total. The molecule has 0 unspecified atom stereocenters. The van der Waals surface area contributed by atoms with Gasteiger partial charge in [-0.05, 0) is 146 Å². The Kier molecular flexibility index (Phi) is 15.2. The molecule has 0 aliphatic carbocycles. The van der Waals surface area contributed by atoms with Crippen molar-refractivity contribution >= 4 is 77.1 Å². The first-order valence-corrected chi connectivity index (χ1v) is 26.6. The minimum absolute atomic E-state index is 0.111. The molecule has 73 heavy (non-hydrogen) atoms. The third-order valence-electron chi connectivity index (χ3n) is 12.2. The average molecular weight is 1040 g/mol. The normalized spacial score (nSPS) is 14.5. The van der Waals surface area contributed by atoms with Crippen molar-refractivity contribution in [3.63, 3.8) is 0 Å². The third kappa shape index (κ3) is 11.4. The van der Waals surface area contributed by atoms with Crippen LogP contribution < -0.4 is 0 Å². The van der Waals surface area contributed by atoms with Gasteiger partial charge >= 0.3 is 24.1 Å². The topological polar surface area (TPSA) is 190 Å². The molecule has 0 radical (unpaired) electrons. The maximum atomic E-state index is 13.8. The fourth-order valence-corrected chi connectivity index (χ4v) is 11.7. The summed E-state index contributed by atoms with van der Waals surface area (Å²) in [5.74, 6) is -1.28. The molecule has 2 aliphatic heterocycles. The molecule has 0 bridgehead atoms. The van der Waals surface area contributed by atoms with E-state index in [-0.39, 0.29) is 32.0 Å². The van der Waals surface area contributed by atoms with Crippen LogP contribution in [0.2, 0.25) is 0 Å². The van der Waals surface area contributed by atoms with Crippen LogP contribution in [0.5, 0.6) is 0 Å². The summed E-state index contributed by atoms with van der Waals surface area (Å²) in [6, 6.07) is 23.2. The van der Waals surface area contributed by atoms with Gasteiger partial charge in [0.15, 0.2) is 0 Å². The van der Waals surface area contributed by atoms with Crippen LogP contribution in [0.15, 0.2) is 113 Å². The van der Waals surface area contributed by atoms with E-state index in [0.717, 1.165) is 37.4 Å². The summed E-state index contributed by atoms with van der Waals surface area (Å²) in [5.41, 5.74) is 5.03. The van der Waals surface area contributed by atoms with Crippen LogP contribution in [-0.4, -0.2) is 110 Å². The fraction of sp³-hybridized carbons (Fsp3) is 0.345. The second-order valence-electron chi connectivity index (χ2n) is 20.0. The van der Waals surface area contributed by atoms with Crippen LogP contribution in [0.1, 0.15) is 103 Å². The first-order valence-electron chi connectivity index (χ1n) is 23.7. The Morgan fingerprint density at radius 3 is 1.40 bits per heavy atom. The van der Waals surface area contributed by atoms with Crippen molar-refractivity contribution in [1.29, 1.82) is 0 Å². The van der Waals surface area contributed by atoms with Crippen LogP contribution in [-0.2, 0) is 39.0 Å². The third-order valence-corrected chi connectivity index (χ3v) is 15.7. The number of methoxy groups -OCH3 is 2. The van der Waals surface area contributed by atoms with Crippen molar-refractivity contribution in [1.82, 2.24) is 17.7 Å². The van der Waals surface area contributed by atoms with Crippen LogP contribution >= 0.6 is 0 Å². The van der Waals surface area contributed by atoms with Gasteiger partial charge < -0.3 is 28.7 Å². The number of ether oxygens (including phenoxy) is 4. The van der Waals surface area contributed by atoms with E-state index in [0.29, 0.717) is 55.5 Å². The van der Waals surface area contributed by atoms with Gasteiger partial charge in [0.2, 0.25) is 0 Å². The molecule has 6 aromatic rings. The number of hydrogen-bond donors (Lipinski definition) is 0. The molecule has 2 amide bonds. The number of aromatic nitrogens is 2. The van der Waals surface area contributed by atoms with Gasteiger partial charge in [0.05, 0.1) is 46.2 Å². The summed E-state index contributed by atoms with van der Waals surface area (Å²) < 4.78 is 78.1. The van der Waals surface area contributed by atoms with Gasteiger partial charge in [0.1, 0.15) is 11.2 Å². The number of hydrogen-bond acceptors (Lipinski definition) is 12. The molecule has 0 saturated heterocycles. The quantitative estimate of drug-likeness (QED) is 0.104. The van der Waals surface area contributed by atoms with Crippen LogP contribution in [0, 0.1) is 20.8 Å². The standard InChI is InChI=1S/C28H32N2O6S.C27H30N2O6S/c1-18-9-11-21(12-10-18)37(33,34)30-19(2)16-24-22(13-14-23(25(24)30)26(31)35-6)20-8-7-15-29(17-20)27(32)36-28(3,4)5;1-18-8-10-20(11-9-18)36(32,33)29-16-14-22-21(12-13-23(24(22)29)25(30)34-5)19-7-6-15-28(17-19)26(31)35-27(2,3)4/h8-14,16H,7,15,17H2,1-6H3;7-14,16H,6,15,17H2,1-5H3. The molecule has 4 heterocycles. The van der Waals surface area contributed by atoms with Crippen molar-refractivity contribution < 1.29 is 55.0 Å². The van der Waals surface area contributed by atoms with E-state index in [1.54, 1.807) is 102 Å². The lowest BCUT2D eigenvalue weighted by Gasteiger charge is -2.30. The Morgan fingerprint density at radius 1 is 0.534 bits per heavy atom. The zero-order valence-electron chi connectivity index (χ0n) is 43.1. The van der Waals surface area contributed by atoms with Gasteiger partial charge in [0, 0.05) is 48.8 Å². The molecule has 2 aromatic heterocycles. The monoisotopic (exact) mass is 1030 g/mol. The SMILES string of the molecule is COC(=O)c1ccc(C2=CCCN(C(=O)OC(C)(C)C)C2)c2cc(C)n(S(=O)(=O)c3ccc(C)cc3)c12.COC(=O)c1ccc(C2=CCCN(C(=O)OC(C)(C)C)C2)c2ccn(S(=O)(=O)c3ccc(C)cc3)c12. The zero-order valence-corrected chi connectivity index (χ0v) is 44.7. The highest BCUT2D eigenvalue weighted by Gasteiger charge is 2.32. The van der Waals surface area contributed by atoms with E-state index < -0.39 is 55.4 Å². The highest BCUT2D eigenvalue weighted by molar-refractivity contribution is 7.90. The first kappa shape index (κ1) is 53.6. The number of rotatable bonds is 8. The van der Waals surface area contributed by atoms with Crippen molar-refractivity contribution in [2.24, 2.45) is 0 Å². The second kappa shape index (κ2) is 20.7. The summed E-state index contributed by atoms with van der Waals surface area (Å²) >= 11 is 0. The van der Waals surface area contributed by atoms with Crippen molar-refractivity contribution in [2.45, 2.75) is 96.1 Å². The van der Waals surface area contributed by atoms with Gasteiger partial charge in [-0.2, -0.15) is 0 Å². The van der Waals surface area contributed by atoms with Crippen molar-refractivity contribution in [2.75, 3.05) is 40.4 Å². The second-order valence-corrected chi connectivity index (χ2v) is 23.6. The van der Waals surface area contributed by atoms with E-state index in [2.05, 4.69) is 0 Å². The fourth-order valence-electron chi connectivity index (χ4n) is 8.75. The summed E-state index contributed by atoms with van der Waals surface area (Å²) in [4.78, 5) is 54.3. The number of carbonyl (C=O) groups excluding carboxylic acids is 4. The molecular formula is C55H62N4O12S2. The van der Waals surface area contributed by atoms with Crippen LogP contribution in [0.3, 0.4) is 0 Å². The summed E-state index contributed by atoms with van der Waals surface area (Å²) in [6.07, 6.45) is 5.94. The zero-order chi connectivity index (χ0) is 53.4. The molecule has 18 heteroatoms. The maximum Gasteiger partial charge on any atom is 0.410 e. The highest BCUT2D eigenvalue weighted by Crippen LogP contribution is 2.37. The Bertz CT molecular complexity index is 3430. The Hall–Kier alpha value is -7.18. The smallest absolute Gasteiger partial charge is 0.410 e. The Balaban J connectivity index is 0.000000214. The lowest BCUT2D eigenvalue weighted by molar-refractivity contribution is 0.0262. The molecule has 2 aliphatic rings. The number of benzene rings is 4. The predicted octanol–water partition coefficient (Wildman–Crippen LogP) is 10.3. The number of nitrogens with zero attached hydrogens (tertiary/aromatic N) is 4. The van der Waals surface area contributed by atoms with Gasteiger partial charge in [-0.1, -0.05) is 59.7 Å². The first-order chi connectivity index (χ1) is 34.2. The minimum atomic E-state index is -4.02. The van der Waals surface area contributed by atoms with Gasteiger partial charge in [0.25, 0.3) is 20.0 Å². The van der Waals surface area contributed by atoms with E-state index in [1.807, 2.05) is 67.5 Å². The maximum absolute atomic E-state index is 13.8. The van der Waals surface area contributed by atoms with Gasteiger partial charge in [-0.3, -0.25) is 0 Å². The summed E-state index contributed by atoms with van der Waals surface area (Å²) in [7, 11) is -5.49. The number of aryl methyl sites for hydroxylation is 3. The predicted molar refractivity (Wildman–Crippen MR) is 280 cm³/mol. The molecule has 4 aromatic carbocycles. The molecule has 0 fully saturated rings. The molecule has 386 valence electrons. The number of amides is 2. The molecule has 0 N–H and O–H groups in total. The lowest BCUT2D eigenvalue weighted by atomic mass is 9.96. The van der Waals surface area contributed by atoms with E-state index in [9.17, 15) is 36.0 Å². The average Bonchev–Trinajstić information content (AvgIpc) is 3.95. The highest BCUT2D eigenvalue weighted by atomic mass is 32.2. The van der Waals surface area contributed by atoms with E-state index in [4.69, 9.17) is 18.9 Å². The molecular weight excluding hydrogens is 973 g/mol. The van der Waals surface area contributed by atoms with Crippen molar-refractivity contribution in [3.05, 3.63) is 142 Å². The lowest BCUT2D eigenvalue weighted by Crippen LogP contribution is -2.39. The van der Waals surface area contributed by atoms with Crippen LogP contribution in [0.25, 0.3) is 33.0 Å². The molecule has 0 atom stereocenters. The van der Waals surface area contributed by atoms with E-state index >= 15 is 0 Å². The minimum Gasteiger partial charge on any atom is -0.465 e. The molecule has 0 spiro atoms. The molecule has 8 rings (SSSR count). The Labute approximate surface area is 426 Å². The summed E-state index contributed by atoms with van der Waals surface area (Å²) in [5, 5.41) is 1.17. The molecule has 0 saturated carbocycles. The number of esters is 2. The van der Waals surface area contributed by atoms with E-state index in [1.165, 1.54) is 24.4 Å². The summed E-state index contributed by atoms with van der Waals surface area (Å²) in [6.45, 7) is 18.0. The van der Waals surface area contributed by atoms with Crippen molar-refractivity contribution in [3.8, 4) is 0 Å². The Morgan fingerprint density at radius 2 is 0.959 bits per heavy atom. The number of carbonyl (C=O) groups is 4. The largest absolute Gasteiger partial charge is 0.465 e. The van der Waals surface area contributed by atoms with Crippen LogP contribution in [0.4, 0.5) is 9.59 Å². The number of fused-ring (bicyclic) bond motifs is 2. The van der Waals surface area contributed by atoms with Gasteiger partial charge in [-0.25, -0.2) is 44.0 Å².